The van der Waals surface area contributed by atoms with Gasteiger partial charge in [0.1, 0.15) is 0 Å². The molecule has 128 valence electrons. The molecule has 1 aromatic carbocycles. The fourth-order valence-corrected chi connectivity index (χ4v) is 3.12. The van der Waals surface area contributed by atoms with E-state index in [1.165, 1.54) is 0 Å². The first kappa shape index (κ1) is 17.0. The van der Waals surface area contributed by atoms with Crippen molar-refractivity contribution in [2.75, 3.05) is 45.1 Å². The van der Waals surface area contributed by atoms with Crippen molar-refractivity contribution >= 4 is 34.1 Å². The Morgan fingerprint density at radius 3 is 2.83 bits per heavy atom. The number of carbonyl (C=O) groups excluding carboxylic acids is 1. The van der Waals surface area contributed by atoms with Crippen molar-refractivity contribution in [3.63, 3.8) is 0 Å². The van der Waals surface area contributed by atoms with Crippen molar-refractivity contribution < 1.29 is 4.79 Å². The van der Waals surface area contributed by atoms with Gasteiger partial charge in [-0.15, -0.1) is 0 Å². The Bertz CT molecular complexity index is 713. The number of aromatic nitrogens is 1. The highest BCUT2D eigenvalue weighted by molar-refractivity contribution is 6.31. The minimum Gasteiger partial charge on any atom is -0.384 e. The van der Waals surface area contributed by atoms with Gasteiger partial charge in [-0.3, -0.25) is 9.78 Å². The van der Waals surface area contributed by atoms with Gasteiger partial charge in [-0.25, -0.2) is 0 Å². The molecule has 0 spiro atoms. The van der Waals surface area contributed by atoms with Crippen LogP contribution in [0.1, 0.15) is 12.8 Å². The number of benzene rings is 1. The average molecular weight is 347 g/mol. The second-order valence-corrected chi connectivity index (χ2v) is 6.67. The fourth-order valence-electron chi connectivity index (χ4n) is 2.95. The molecular weight excluding hydrogens is 324 g/mol. The topological polar surface area (TPSA) is 48.5 Å². The number of pyridine rings is 1. The number of likely N-dealkylation sites (N-methyl/N-ethyl adjacent to an activating group) is 1. The molecule has 2 heterocycles. The highest BCUT2D eigenvalue weighted by Gasteiger charge is 2.18. The maximum Gasteiger partial charge on any atom is 0.222 e. The molecule has 1 N–H and O–H groups in total. The Labute approximate surface area is 147 Å². The van der Waals surface area contributed by atoms with Gasteiger partial charge in [0.2, 0.25) is 5.91 Å². The van der Waals surface area contributed by atoms with E-state index in [1.807, 2.05) is 29.2 Å². The number of anilines is 1. The highest BCUT2D eigenvalue weighted by Crippen LogP contribution is 2.24. The predicted molar refractivity (Wildman–Crippen MR) is 98.6 cm³/mol. The summed E-state index contributed by atoms with van der Waals surface area (Å²) in [6, 6.07) is 7.66. The van der Waals surface area contributed by atoms with Gasteiger partial charge in [-0.05, 0) is 37.7 Å². The van der Waals surface area contributed by atoms with Crippen LogP contribution in [0.2, 0.25) is 5.02 Å². The van der Waals surface area contributed by atoms with Gasteiger partial charge in [0.15, 0.2) is 0 Å². The predicted octanol–water partition coefficient (Wildman–Crippen LogP) is 2.85. The zero-order valence-corrected chi connectivity index (χ0v) is 14.7. The zero-order valence-electron chi connectivity index (χ0n) is 14.0. The number of hydrogen-bond donors (Lipinski definition) is 1. The van der Waals surface area contributed by atoms with E-state index in [9.17, 15) is 4.79 Å². The first-order valence-corrected chi connectivity index (χ1v) is 8.76. The van der Waals surface area contributed by atoms with E-state index in [4.69, 9.17) is 11.6 Å². The van der Waals surface area contributed by atoms with Gasteiger partial charge in [0, 0.05) is 61.4 Å². The molecule has 5 nitrogen and oxygen atoms in total. The summed E-state index contributed by atoms with van der Waals surface area (Å²) >= 11 is 6.01. The standard InChI is InChI=1S/C18H23ClN4O/c1-22-9-11-23(12-10-22)18(24)3-2-7-20-16-6-8-21-17-13-14(19)4-5-15(16)17/h4-6,8,13H,2-3,7,9-12H2,1H3,(H,20,21). The summed E-state index contributed by atoms with van der Waals surface area (Å²) in [4.78, 5) is 20.8. The molecule has 24 heavy (non-hydrogen) atoms. The van der Waals surface area contributed by atoms with E-state index < -0.39 is 0 Å². The first-order chi connectivity index (χ1) is 11.6. The molecule has 6 heteroatoms. The van der Waals surface area contributed by atoms with Crippen LogP contribution in [-0.2, 0) is 4.79 Å². The molecule has 0 unspecified atom stereocenters. The third kappa shape index (κ3) is 4.16. The summed E-state index contributed by atoms with van der Waals surface area (Å²) in [6.45, 7) is 4.39. The number of hydrogen-bond acceptors (Lipinski definition) is 4. The van der Waals surface area contributed by atoms with E-state index in [0.29, 0.717) is 11.4 Å². The number of rotatable bonds is 5. The van der Waals surface area contributed by atoms with E-state index in [-0.39, 0.29) is 5.91 Å². The molecule has 2 aromatic rings. The molecule has 1 aliphatic heterocycles. The van der Waals surface area contributed by atoms with Crippen molar-refractivity contribution in [2.24, 2.45) is 0 Å². The van der Waals surface area contributed by atoms with Crippen molar-refractivity contribution in [2.45, 2.75) is 12.8 Å². The van der Waals surface area contributed by atoms with Gasteiger partial charge >= 0.3 is 0 Å². The quantitative estimate of drug-likeness (QED) is 0.846. The number of nitrogens with one attached hydrogen (secondary N) is 1. The van der Waals surface area contributed by atoms with E-state index in [2.05, 4.69) is 22.2 Å². The van der Waals surface area contributed by atoms with Gasteiger partial charge in [0.25, 0.3) is 0 Å². The molecule has 0 atom stereocenters. The molecule has 0 bridgehead atoms. The van der Waals surface area contributed by atoms with Gasteiger partial charge in [-0.1, -0.05) is 11.6 Å². The number of fused-ring (bicyclic) bond motifs is 1. The van der Waals surface area contributed by atoms with Crippen LogP contribution in [0.4, 0.5) is 5.69 Å². The number of carbonyl (C=O) groups is 1. The summed E-state index contributed by atoms with van der Waals surface area (Å²) in [6.07, 6.45) is 3.19. The number of piperazine rings is 1. The zero-order chi connectivity index (χ0) is 16.9. The molecule has 0 aliphatic carbocycles. The highest BCUT2D eigenvalue weighted by atomic mass is 35.5. The third-order valence-corrected chi connectivity index (χ3v) is 4.68. The lowest BCUT2D eigenvalue weighted by molar-refractivity contribution is -0.132. The molecule has 1 aliphatic rings. The lowest BCUT2D eigenvalue weighted by Crippen LogP contribution is -2.47. The monoisotopic (exact) mass is 346 g/mol. The van der Waals surface area contributed by atoms with Gasteiger partial charge in [-0.2, -0.15) is 0 Å². The summed E-state index contributed by atoms with van der Waals surface area (Å²) in [5.74, 6) is 0.260. The van der Waals surface area contributed by atoms with Crippen LogP contribution in [0.3, 0.4) is 0 Å². The van der Waals surface area contributed by atoms with Crippen molar-refractivity contribution in [1.82, 2.24) is 14.8 Å². The minimum atomic E-state index is 0.260. The van der Waals surface area contributed by atoms with Crippen LogP contribution in [0.5, 0.6) is 0 Å². The lowest BCUT2D eigenvalue weighted by Gasteiger charge is -2.32. The Balaban J connectivity index is 1.49. The van der Waals surface area contributed by atoms with Crippen molar-refractivity contribution in [3.8, 4) is 0 Å². The maximum atomic E-state index is 12.2. The Morgan fingerprint density at radius 2 is 2.04 bits per heavy atom. The largest absolute Gasteiger partial charge is 0.384 e. The minimum absolute atomic E-state index is 0.260. The molecule has 1 amide bonds. The SMILES string of the molecule is CN1CCN(C(=O)CCCNc2ccnc3cc(Cl)ccc23)CC1. The fraction of sp³-hybridized carbons (Fsp3) is 0.444. The molecule has 0 radical (unpaired) electrons. The number of nitrogens with zero attached hydrogens (tertiary/aromatic N) is 3. The second-order valence-electron chi connectivity index (χ2n) is 6.23. The second kappa shape index (κ2) is 7.81. The van der Waals surface area contributed by atoms with Crippen LogP contribution in [0.25, 0.3) is 10.9 Å². The number of amides is 1. The summed E-state index contributed by atoms with van der Waals surface area (Å²) in [7, 11) is 2.10. The molecule has 1 saturated heterocycles. The summed E-state index contributed by atoms with van der Waals surface area (Å²) < 4.78 is 0. The van der Waals surface area contributed by atoms with Crippen LogP contribution < -0.4 is 5.32 Å². The molecule has 1 fully saturated rings. The molecular formula is C18H23ClN4O. The van der Waals surface area contributed by atoms with Crippen LogP contribution in [0.15, 0.2) is 30.5 Å². The maximum absolute atomic E-state index is 12.2. The van der Waals surface area contributed by atoms with Crippen molar-refractivity contribution in [1.29, 1.82) is 0 Å². The molecule has 3 rings (SSSR count). The third-order valence-electron chi connectivity index (χ3n) is 4.44. The molecule has 0 saturated carbocycles. The smallest absolute Gasteiger partial charge is 0.222 e. The molecule has 1 aromatic heterocycles. The van der Waals surface area contributed by atoms with E-state index in [1.54, 1.807) is 6.20 Å². The van der Waals surface area contributed by atoms with Gasteiger partial charge < -0.3 is 15.1 Å². The van der Waals surface area contributed by atoms with Gasteiger partial charge in [0.05, 0.1) is 5.52 Å². The Hall–Kier alpha value is -1.85. The summed E-state index contributed by atoms with van der Waals surface area (Å²) in [5, 5.41) is 5.14. The Morgan fingerprint density at radius 1 is 1.25 bits per heavy atom. The normalized spacial score (nSPS) is 15.7. The lowest BCUT2D eigenvalue weighted by atomic mass is 10.2. The van der Waals surface area contributed by atoms with Crippen LogP contribution in [0, 0.1) is 0 Å². The van der Waals surface area contributed by atoms with E-state index >= 15 is 0 Å². The van der Waals surface area contributed by atoms with Crippen molar-refractivity contribution in [3.05, 3.63) is 35.5 Å². The number of halogens is 1. The Kier molecular flexibility index (Phi) is 5.53. The van der Waals surface area contributed by atoms with E-state index in [0.717, 1.165) is 55.7 Å². The van der Waals surface area contributed by atoms with Crippen LogP contribution in [-0.4, -0.2) is 60.5 Å². The average Bonchev–Trinajstić information content (AvgIpc) is 2.59. The first-order valence-electron chi connectivity index (χ1n) is 8.38. The summed E-state index contributed by atoms with van der Waals surface area (Å²) in [5.41, 5.74) is 1.91. The van der Waals surface area contributed by atoms with Crippen LogP contribution >= 0.6 is 11.6 Å².